The molecule has 1 aliphatic carbocycles. The van der Waals surface area contributed by atoms with Crippen molar-refractivity contribution in [3.05, 3.63) is 0 Å². The minimum atomic E-state index is -4.23. The van der Waals surface area contributed by atoms with Crippen molar-refractivity contribution in [3.8, 4) is 0 Å². The van der Waals surface area contributed by atoms with Crippen LogP contribution in [0.25, 0.3) is 0 Å². The smallest absolute Gasteiger partial charge is 0.317 e. The van der Waals surface area contributed by atoms with Gasteiger partial charge in [0.05, 0.1) is 0 Å². The molecule has 2 unspecified atom stereocenters. The fraction of sp³-hybridized carbons (Fsp3) is 1.00. The van der Waals surface area contributed by atoms with E-state index in [-0.39, 0.29) is 6.42 Å². The van der Waals surface area contributed by atoms with Crippen LogP contribution < -0.4 is 5.73 Å². The van der Waals surface area contributed by atoms with Crippen molar-refractivity contribution in [2.45, 2.75) is 37.9 Å². The second-order valence-corrected chi connectivity index (χ2v) is 3.33. The molecule has 0 saturated heterocycles. The first-order valence-corrected chi connectivity index (χ1v) is 3.73. The third kappa shape index (κ3) is 1.24. The largest absolute Gasteiger partial charge is 0.406 e. The molecule has 2 atom stereocenters. The van der Waals surface area contributed by atoms with Crippen molar-refractivity contribution >= 4 is 0 Å². The van der Waals surface area contributed by atoms with Crippen LogP contribution in [0.3, 0.4) is 0 Å². The Kier molecular flexibility index (Phi) is 1.90. The van der Waals surface area contributed by atoms with Gasteiger partial charge in [0.1, 0.15) is 5.54 Å². The molecule has 66 valence electrons. The van der Waals surface area contributed by atoms with Crippen LogP contribution >= 0.6 is 0 Å². The lowest BCUT2D eigenvalue weighted by molar-refractivity contribution is -0.194. The first kappa shape index (κ1) is 8.84. The van der Waals surface area contributed by atoms with Gasteiger partial charge in [-0.2, -0.15) is 13.2 Å². The standard InChI is InChI=1S/C7H12F3N/c1-5-3-2-4-6(5,11)7(8,9)10/h5H,2-4,11H2,1H3. The highest BCUT2D eigenvalue weighted by atomic mass is 19.4. The Labute approximate surface area is 63.8 Å². The number of hydrogen-bond donors (Lipinski definition) is 1. The van der Waals surface area contributed by atoms with Gasteiger partial charge in [0.2, 0.25) is 0 Å². The van der Waals surface area contributed by atoms with E-state index >= 15 is 0 Å². The molecule has 0 amide bonds. The predicted molar refractivity (Wildman–Crippen MR) is 36.0 cm³/mol. The molecule has 1 rings (SSSR count). The summed E-state index contributed by atoms with van der Waals surface area (Å²) in [5.74, 6) is -0.428. The minimum Gasteiger partial charge on any atom is -0.317 e. The van der Waals surface area contributed by atoms with Gasteiger partial charge in [-0.05, 0) is 18.8 Å². The quantitative estimate of drug-likeness (QED) is 0.587. The topological polar surface area (TPSA) is 26.0 Å². The van der Waals surface area contributed by atoms with Crippen molar-refractivity contribution in [2.75, 3.05) is 0 Å². The van der Waals surface area contributed by atoms with Crippen LogP contribution in [0, 0.1) is 5.92 Å². The van der Waals surface area contributed by atoms with Crippen LogP contribution in [-0.4, -0.2) is 11.7 Å². The molecule has 0 heterocycles. The van der Waals surface area contributed by atoms with Gasteiger partial charge in [0.15, 0.2) is 0 Å². The molecule has 1 nitrogen and oxygen atoms in total. The van der Waals surface area contributed by atoms with Crippen LogP contribution in [0.5, 0.6) is 0 Å². The molecule has 2 N–H and O–H groups in total. The SMILES string of the molecule is CC1CCCC1(N)C(F)(F)F. The second kappa shape index (κ2) is 2.37. The maximum absolute atomic E-state index is 12.3. The lowest BCUT2D eigenvalue weighted by Gasteiger charge is -2.31. The molecule has 1 fully saturated rings. The van der Waals surface area contributed by atoms with Crippen molar-refractivity contribution in [1.29, 1.82) is 0 Å². The number of hydrogen-bond acceptors (Lipinski definition) is 1. The van der Waals surface area contributed by atoms with Crippen molar-refractivity contribution < 1.29 is 13.2 Å². The number of rotatable bonds is 0. The van der Waals surface area contributed by atoms with Gasteiger partial charge >= 0.3 is 6.18 Å². The molecule has 1 saturated carbocycles. The van der Waals surface area contributed by atoms with Crippen LogP contribution in [0.1, 0.15) is 26.2 Å². The molecule has 0 aromatic rings. The second-order valence-electron chi connectivity index (χ2n) is 3.33. The normalized spacial score (nSPS) is 39.5. The summed E-state index contributed by atoms with van der Waals surface area (Å²) in [7, 11) is 0. The van der Waals surface area contributed by atoms with E-state index in [1.807, 2.05) is 0 Å². The zero-order chi connectivity index (χ0) is 8.70. The Morgan fingerprint density at radius 2 is 2.00 bits per heavy atom. The van der Waals surface area contributed by atoms with Gasteiger partial charge in [-0.1, -0.05) is 13.3 Å². The zero-order valence-corrected chi connectivity index (χ0v) is 6.41. The molecule has 0 aromatic heterocycles. The van der Waals surface area contributed by atoms with E-state index in [4.69, 9.17) is 5.73 Å². The van der Waals surface area contributed by atoms with Crippen LogP contribution in [-0.2, 0) is 0 Å². The maximum Gasteiger partial charge on any atom is 0.406 e. The molecule has 0 aromatic carbocycles. The lowest BCUT2D eigenvalue weighted by Crippen LogP contribution is -2.55. The maximum atomic E-state index is 12.3. The molecular formula is C7H12F3N. The first-order valence-electron chi connectivity index (χ1n) is 3.73. The fourth-order valence-electron chi connectivity index (χ4n) is 1.63. The van der Waals surface area contributed by atoms with Gasteiger partial charge in [-0.25, -0.2) is 0 Å². The van der Waals surface area contributed by atoms with E-state index in [2.05, 4.69) is 0 Å². The third-order valence-electron chi connectivity index (χ3n) is 2.63. The average molecular weight is 167 g/mol. The lowest BCUT2D eigenvalue weighted by atomic mass is 9.89. The van der Waals surface area contributed by atoms with E-state index in [9.17, 15) is 13.2 Å². The van der Waals surface area contributed by atoms with Gasteiger partial charge < -0.3 is 5.73 Å². The van der Waals surface area contributed by atoms with E-state index in [0.717, 1.165) is 0 Å². The van der Waals surface area contributed by atoms with Gasteiger partial charge in [-0.15, -0.1) is 0 Å². The highest BCUT2D eigenvalue weighted by molar-refractivity contribution is 5.00. The van der Waals surface area contributed by atoms with Crippen LogP contribution in [0.4, 0.5) is 13.2 Å². The molecule has 4 heteroatoms. The number of halogens is 3. The fourth-order valence-corrected chi connectivity index (χ4v) is 1.63. The van der Waals surface area contributed by atoms with E-state index in [0.29, 0.717) is 12.8 Å². The minimum absolute atomic E-state index is 0.0810. The molecule has 11 heavy (non-hydrogen) atoms. The van der Waals surface area contributed by atoms with Gasteiger partial charge in [0, 0.05) is 0 Å². The summed E-state index contributed by atoms with van der Waals surface area (Å²) < 4.78 is 36.8. The van der Waals surface area contributed by atoms with Crippen molar-refractivity contribution in [3.63, 3.8) is 0 Å². The summed E-state index contributed by atoms with van der Waals surface area (Å²) >= 11 is 0. The van der Waals surface area contributed by atoms with Crippen molar-refractivity contribution in [1.82, 2.24) is 0 Å². The Hall–Kier alpha value is -0.250. The molecule has 0 radical (unpaired) electrons. The summed E-state index contributed by atoms with van der Waals surface area (Å²) in [6, 6.07) is 0. The molecule has 1 aliphatic rings. The Morgan fingerprint density at radius 3 is 2.18 bits per heavy atom. The Morgan fingerprint density at radius 1 is 1.45 bits per heavy atom. The molecule has 0 bridgehead atoms. The van der Waals surface area contributed by atoms with E-state index in [1.165, 1.54) is 0 Å². The van der Waals surface area contributed by atoms with Crippen molar-refractivity contribution in [2.24, 2.45) is 11.7 Å². The molecular weight excluding hydrogens is 155 g/mol. The Bertz CT molecular complexity index is 154. The van der Waals surface area contributed by atoms with Gasteiger partial charge in [0.25, 0.3) is 0 Å². The van der Waals surface area contributed by atoms with Crippen LogP contribution in [0.15, 0.2) is 0 Å². The Balaban J connectivity index is 2.81. The monoisotopic (exact) mass is 167 g/mol. The molecule has 0 spiro atoms. The summed E-state index contributed by atoms with van der Waals surface area (Å²) in [6.45, 7) is 1.57. The highest BCUT2D eigenvalue weighted by Crippen LogP contribution is 2.44. The van der Waals surface area contributed by atoms with E-state index in [1.54, 1.807) is 6.92 Å². The summed E-state index contributed by atoms with van der Waals surface area (Å²) in [4.78, 5) is 0. The summed E-state index contributed by atoms with van der Waals surface area (Å²) in [6.07, 6.45) is -2.96. The summed E-state index contributed by atoms with van der Waals surface area (Å²) in [5, 5.41) is 0. The third-order valence-corrected chi connectivity index (χ3v) is 2.63. The highest BCUT2D eigenvalue weighted by Gasteiger charge is 2.56. The van der Waals surface area contributed by atoms with Gasteiger partial charge in [-0.3, -0.25) is 0 Å². The van der Waals surface area contributed by atoms with E-state index < -0.39 is 17.6 Å². The first-order chi connectivity index (χ1) is 4.88. The molecule has 0 aliphatic heterocycles. The number of nitrogens with two attached hydrogens (primary N) is 1. The zero-order valence-electron chi connectivity index (χ0n) is 6.41. The summed E-state index contributed by atoms with van der Waals surface area (Å²) in [5.41, 5.74) is 3.34. The predicted octanol–water partition coefficient (Wildman–Crippen LogP) is 2.07. The van der Waals surface area contributed by atoms with Crippen LogP contribution in [0.2, 0.25) is 0 Å². The average Bonchev–Trinajstić information content (AvgIpc) is 2.12. The number of alkyl halides is 3.